The lowest BCUT2D eigenvalue weighted by Gasteiger charge is -2.32. The molecule has 29 heavy (non-hydrogen) atoms. The minimum absolute atomic E-state index is 0.00884. The largest absolute Gasteiger partial charge is 0.496 e. The number of pyridine rings is 1. The first-order valence-corrected chi connectivity index (χ1v) is 11.1. The Kier molecular flexibility index (Phi) is 6.77. The molecule has 0 N–H and O–H groups in total. The van der Waals surface area contributed by atoms with Gasteiger partial charge in [0, 0.05) is 55.6 Å². The van der Waals surface area contributed by atoms with Crippen molar-refractivity contribution >= 4 is 27.5 Å². The number of benzene rings is 1. The van der Waals surface area contributed by atoms with Crippen molar-refractivity contribution in [1.29, 1.82) is 0 Å². The van der Waals surface area contributed by atoms with Crippen LogP contribution in [0.2, 0.25) is 5.02 Å². The van der Waals surface area contributed by atoms with Crippen LogP contribution in [0.25, 0.3) is 0 Å². The highest BCUT2D eigenvalue weighted by Crippen LogP contribution is 2.27. The monoisotopic (exact) mass is 437 g/mol. The first-order chi connectivity index (χ1) is 13.8. The lowest BCUT2D eigenvalue weighted by molar-refractivity contribution is -0.135. The molecule has 2 aromatic rings. The zero-order valence-electron chi connectivity index (χ0n) is 16.4. The maximum Gasteiger partial charge on any atom is 0.244 e. The topological polar surface area (TPSA) is 79.8 Å². The molecule has 1 fully saturated rings. The summed E-state index contributed by atoms with van der Waals surface area (Å²) in [6, 6.07) is 8.43. The standard InChI is InChI=1S/C20H24ClN3O4S/c1-23(14-16-12-17(21)5-6-19(16)28-2)20(25)15-7-10-24(11-8-15)29(26,27)18-4-3-9-22-13-18/h3-6,9,12-13,15H,7-8,10-11,14H2,1-2H3. The summed E-state index contributed by atoms with van der Waals surface area (Å²) in [5.74, 6) is 0.447. The van der Waals surface area contributed by atoms with Crippen LogP contribution in [0.3, 0.4) is 0 Å². The van der Waals surface area contributed by atoms with Gasteiger partial charge in [0.25, 0.3) is 0 Å². The second-order valence-electron chi connectivity index (χ2n) is 7.02. The van der Waals surface area contributed by atoms with E-state index in [-0.39, 0.29) is 16.7 Å². The average Bonchev–Trinajstić information content (AvgIpc) is 2.74. The maximum absolute atomic E-state index is 12.9. The number of ether oxygens (including phenoxy) is 1. The minimum atomic E-state index is -3.58. The van der Waals surface area contributed by atoms with Crippen molar-refractivity contribution in [3.05, 3.63) is 53.3 Å². The van der Waals surface area contributed by atoms with E-state index in [1.807, 2.05) is 0 Å². The number of carbonyl (C=O) groups excluding carboxylic acids is 1. The molecule has 0 unspecified atom stereocenters. The van der Waals surface area contributed by atoms with Gasteiger partial charge in [-0.15, -0.1) is 0 Å². The molecule has 0 bridgehead atoms. The third-order valence-corrected chi connectivity index (χ3v) is 7.22. The van der Waals surface area contributed by atoms with E-state index in [4.69, 9.17) is 16.3 Å². The normalized spacial score (nSPS) is 15.8. The highest BCUT2D eigenvalue weighted by molar-refractivity contribution is 7.89. The van der Waals surface area contributed by atoms with E-state index in [0.717, 1.165) is 5.56 Å². The Balaban J connectivity index is 1.62. The summed E-state index contributed by atoms with van der Waals surface area (Å²) in [4.78, 5) is 18.6. The van der Waals surface area contributed by atoms with Gasteiger partial charge in [-0.05, 0) is 43.2 Å². The van der Waals surface area contributed by atoms with Gasteiger partial charge in [-0.25, -0.2) is 8.42 Å². The number of nitrogens with zero attached hydrogens (tertiary/aromatic N) is 3. The van der Waals surface area contributed by atoms with E-state index in [1.54, 1.807) is 43.3 Å². The number of sulfonamides is 1. The predicted octanol–water partition coefficient (Wildman–Crippen LogP) is 2.80. The van der Waals surface area contributed by atoms with Gasteiger partial charge < -0.3 is 9.64 Å². The molecule has 156 valence electrons. The van der Waals surface area contributed by atoms with Crippen LogP contribution in [0.4, 0.5) is 0 Å². The fourth-order valence-corrected chi connectivity index (χ4v) is 5.14. The molecule has 1 aliphatic heterocycles. The molecule has 1 aromatic carbocycles. The highest BCUT2D eigenvalue weighted by atomic mass is 35.5. The van der Waals surface area contributed by atoms with Gasteiger partial charge in [0.1, 0.15) is 10.6 Å². The molecule has 2 heterocycles. The molecule has 0 aliphatic carbocycles. The quantitative estimate of drug-likeness (QED) is 0.694. The van der Waals surface area contributed by atoms with Gasteiger partial charge in [-0.2, -0.15) is 4.31 Å². The summed E-state index contributed by atoms with van der Waals surface area (Å²) in [6.45, 7) is 0.987. The number of rotatable bonds is 6. The summed E-state index contributed by atoms with van der Waals surface area (Å²) in [5.41, 5.74) is 0.826. The smallest absolute Gasteiger partial charge is 0.244 e. The number of hydrogen-bond donors (Lipinski definition) is 0. The van der Waals surface area contributed by atoms with E-state index in [2.05, 4.69) is 4.98 Å². The van der Waals surface area contributed by atoms with Gasteiger partial charge in [0.05, 0.1) is 7.11 Å². The Bertz CT molecular complexity index is 961. The molecule has 1 aromatic heterocycles. The number of amides is 1. The molecular weight excluding hydrogens is 414 g/mol. The van der Waals surface area contributed by atoms with Crippen molar-refractivity contribution in [3.63, 3.8) is 0 Å². The van der Waals surface area contributed by atoms with E-state index >= 15 is 0 Å². The van der Waals surface area contributed by atoms with Crippen LogP contribution in [-0.2, 0) is 21.4 Å². The molecule has 0 saturated carbocycles. The fourth-order valence-electron chi connectivity index (χ4n) is 3.51. The van der Waals surface area contributed by atoms with Crippen LogP contribution in [-0.4, -0.2) is 55.8 Å². The maximum atomic E-state index is 12.9. The van der Waals surface area contributed by atoms with E-state index in [0.29, 0.717) is 43.2 Å². The van der Waals surface area contributed by atoms with Crippen molar-refractivity contribution in [2.24, 2.45) is 5.92 Å². The van der Waals surface area contributed by atoms with Crippen LogP contribution in [0.5, 0.6) is 5.75 Å². The van der Waals surface area contributed by atoms with Gasteiger partial charge in [0.15, 0.2) is 0 Å². The second-order valence-corrected chi connectivity index (χ2v) is 9.39. The van der Waals surface area contributed by atoms with Crippen LogP contribution in [0.15, 0.2) is 47.6 Å². The Morgan fingerprint density at radius 2 is 2.03 bits per heavy atom. The third kappa shape index (κ3) is 4.88. The number of methoxy groups -OCH3 is 1. The van der Waals surface area contributed by atoms with Gasteiger partial charge in [-0.3, -0.25) is 9.78 Å². The van der Waals surface area contributed by atoms with Crippen molar-refractivity contribution in [2.75, 3.05) is 27.2 Å². The van der Waals surface area contributed by atoms with Crippen molar-refractivity contribution in [2.45, 2.75) is 24.3 Å². The van der Waals surface area contributed by atoms with Crippen LogP contribution >= 0.6 is 11.6 Å². The van der Waals surface area contributed by atoms with Crippen LogP contribution in [0.1, 0.15) is 18.4 Å². The zero-order valence-corrected chi connectivity index (χ0v) is 18.0. The molecule has 0 spiro atoms. The Labute approximate surface area is 176 Å². The van der Waals surface area contributed by atoms with Gasteiger partial charge in [-0.1, -0.05) is 11.6 Å². The Morgan fingerprint density at radius 1 is 1.31 bits per heavy atom. The van der Waals surface area contributed by atoms with Gasteiger partial charge >= 0.3 is 0 Å². The predicted molar refractivity (Wildman–Crippen MR) is 110 cm³/mol. The number of carbonyl (C=O) groups is 1. The Morgan fingerprint density at radius 3 is 2.66 bits per heavy atom. The Hall–Kier alpha value is -2.16. The van der Waals surface area contributed by atoms with Crippen LogP contribution < -0.4 is 4.74 Å². The molecule has 1 aliphatic rings. The summed E-state index contributed by atoms with van der Waals surface area (Å²) in [5, 5.41) is 0.579. The highest BCUT2D eigenvalue weighted by Gasteiger charge is 2.33. The zero-order chi connectivity index (χ0) is 21.0. The lowest BCUT2D eigenvalue weighted by atomic mass is 9.96. The SMILES string of the molecule is COc1ccc(Cl)cc1CN(C)C(=O)C1CCN(S(=O)(=O)c2cccnc2)CC1. The molecule has 7 nitrogen and oxygen atoms in total. The lowest BCUT2D eigenvalue weighted by Crippen LogP contribution is -2.43. The summed E-state index contributed by atoms with van der Waals surface area (Å²) >= 11 is 6.07. The summed E-state index contributed by atoms with van der Waals surface area (Å²) in [6.07, 6.45) is 3.85. The molecular formula is C20H24ClN3O4S. The van der Waals surface area contributed by atoms with E-state index in [9.17, 15) is 13.2 Å². The van der Waals surface area contributed by atoms with Crippen molar-refractivity contribution < 1.29 is 17.9 Å². The fraction of sp³-hybridized carbons (Fsp3) is 0.400. The third-order valence-electron chi connectivity index (χ3n) is 5.10. The first-order valence-electron chi connectivity index (χ1n) is 9.30. The molecule has 0 atom stereocenters. The summed E-state index contributed by atoms with van der Waals surface area (Å²) in [7, 11) is -0.265. The molecule has 1 saturated heterocycles. The van der Waals surface area contributed by atoms with Crippen molar-refractivity contribution in [3.8, 4) is 5.75 Å². The van der Waals surface area contributed by atoms with Crippen molar-refractivity contribution in [1.82, 2.24) is 14.2 Å². The number of halogens is 1. The number of hydrogen-bond acceptors (Lipinski definition) is 5. The van der Waals surface area contributed by atoms with E-state index < -0.39 is 10.0 Å². The van der Waals surface area contributed by atoms with Crippen LogP contribution in [0, 0.1) is 5.92 Å². The van der Waals surface area contributed by atoms with Gasteiger partial charge in [0.2, 0.25) is 15.9 Å². The average molecular weight is 438 g/mol. The molecule has 3 rings (SSSR count). The van der Waals surface area contributed by atoms with E-state index in [1.165, 1.54) is 22.8 Å². The molecule has 0 radical (unpaired) electrons. The molecule has 1 amide bonds. The molecule has 9 heteroatoms. The number of aromatic nitrogens is 1. The minimum Gasteiger partial charge on any atom is -0.496 e. The summed E-state index contributed by atoms with van der Waals surface area (Å²) < 4.78 is 32.2. The second kappa shape index (κ2) is 9.11. The number of piperidine rings is 1. The first kappa shape index (κ1) is 21.5.